The quantitative estimate of drug-likeness (QED) is 0.880. The molecule has 1 aromatic carbocycles. The number of carboxylic acid groups (broad SMARTS) is 1. The van der Waals surface area contributed by atoms with Crippen molar-refractivity contribution in [3.8, 4) is 0 Å². The lowest BCUT2D eigenvalue weighted by atomic mass is 10.1. The van der Waals surface area contributed by atoms with Crippen molar-refractivity contribution in [2.75, 3.05) is 6.54 Å². The highest BCUT2D eigenvalue weighted by molar-refractivity contribution is 9.10. The van der Waals surface area contributed by atoms with E-state index in [2.05, 4.69) is 15.9 Å². The summed E-state index contributed by atoms with van der Waals surface area (Å²) < 4.78 is 27.5. The molecule has 1 unspecified atom stereocenters. The first-order valence-electron chi connectivity index (χ1n) is 6.85. The molecule has 1 saturated heterocycles. The van der Waals surface area contributed by atoms with Crippen LogP contribution in [-0.4, -0.2) is 36.4 Å². The number of benzene rings is 1. The minimum atomic E-state index is -3.81. The summed E-state index contributed by atoms with van der Waals surface area (Å²) >= 11 is 3.27. The van der Waals surface area contributed by atoms with Crippen LogP contribution in [0.5, 0.6) is 0 Å². The van der Waals surface area contributed by atoms with Crippen LogP contribution in [0.1, 0.15) is 31.2 Å². The standard InChI is InChI=1S/C14H18BrNO4S/c1-10-6-7-11(15)9-13(10)21(19,20)16-8-4-2-3-5-12(16)14(17)18/h6-7,9,12H,2-5,8H2,1H3,(H,17,18). The Balaban J connectivity index is 2.49. The second-order valence-electron chi connectivity index (χ2n) is 5.23. The highest BCUT2D eigenvalue weighted by Crippen LogP contribution is 2.28. The minimum Gasteiger partial charge on any atom is -0.480 e. The summed E-state index contributed by atoms with van der Waals surface area (Å²) in [6.07, 6.45) is 2.64. The summed E-state index contributed by atoms with van der Waals surface area (Å²) in [6, 6.07) is 4.04. The van der Waals surface area contributed by atoms with Gasteiger partial charge in [-0.25, -0.2) is 8.42 Å². The average Bonchev–Trinajstić information content (AvgIpc) is 2.67. The van der Waals surface area contributed by atoms with Gasteiger partial charge in [-0.05, 0) is 37.5 Å². The summed E-state index contributed by atoms with van der Waals surface area (Å²) in [5.74, 6) is -1.08. The highest BCUT2D eigenvalue weighted by Gasteiger charge is 2.37. The minimum absolute atomic E-state index is 0.171. The number of rotatable bonds is 3. The van der Waals surface area contributed by atoms with Crippen molar-refractivity contribution in [3.05, 3.63) is 28.2 Å². The molecule has 116 valence electrons. The van der Waals surface area contributed by atoms with Crippen molar-refractivity contribution < 1.29 is 18.3 Å². The maximum absolute atomic E-state index is 12.9. The lowest BCUT2D eigenvalue weighted by Gasteiger charge is -2.26. The van der Waals surface area contributed by atoms with Gasteiger partial charge in [0.05, 0.1) is 4.90 Å². The summed E-state index contributed by atoms with van der Waals surface area (Å²) in [6.45, 7) is 1.97. The molecule has 0 aromatic heterocycles. The second-order valence-corrected chi connectivity index (χ2v) is 8.00. The van der Waals surface area contributed by atoms with E-state index in [1.165, 1.54) is 6.07 Å². The molecule has 5 nitrogen and oxygen atoms in total. The third-order valence-corrected chi connectivity index (χ3v) is 6.27. The normalized spacial score (nSPS) is 21.0. The third-order valence-electron chi connectivity index (χ3n) is 3.73. The fourth-order valence-corrected chi connectivity index (χ4v) is 5.01. The van der Waals surface area contributed by atoms with Crippen LogP contribution in [0.15, 0.2) is 27.6 Å². The molecule has 21 heavy (non-hydrogen) atoms. The predicted molar refractivity (Wildman–Crippen MR) is 82.7 cm³/mol. The Labute approximate surface area is 133 Å². The van der Waals surface area contributed by atoms with Crippen molar-refractivity contribution in [2.24, 2.45) is 0 Å². The van der Waals surface area contributed by atoms with E-state index in [-0.39, 0.29) is 11.4 Å². The molecule has 0 aliphatic carbocycles. The van der Waals surface area contributed by atoms with Gasteiger partial charge in [-0.2, -0.15) is 4.31 Å². The SMILES string of the molecule is Cc1ccc(Br)cc1S(=O)(=O)N1CCCCCC1C(=O)O. The van der Waals surface area contributed by atoms with Crippen LogP contribution in [0.3, 0.4) is 0 Å². The van der Waals surface area contributed by atoms with E-state index in [9.17, 15) is 18.3 Å². The monoisotopic (exact) mass is 375 g/mol. The fraction of sp³-hybridized carbons (Fsp3) is 0.500. The molecular weight excluding hydrogens is 358 g/mol. The summed E-state index contributed by atoms with van der Waals surface area (Å²) in [7, 11) is -3.81. The Morgan fingerprint density at radius 2 is 2.05 bits per heavy atom. The molecule has 0 amide bonds. The van der Waals surface area contributed by atoms with Crippen LogP contribution in [0.25, 0.3) is 0 Å². The van der Waals surface area contributed by atoms with Gasteiger partial charge in [0.25, 0.3) is 0 Å². The molecule has 1 aliphatic heterocycles. The van der Waals surface area contributed by atoms with E-state index in [1.807, 2.05) is 0 Å². The molecule has 1 N–H and O–H groups in total. The smallest absolute Gasteiger partial charge is 0.322 e. The maximum atomic E-state index is 12.9. The van der Waals surface area contributed by atoms with E-state index < -0.39 is 22.0 Å². The number of sulfonamides is 1. The topological polar surface area (TPSA) is 74.7 Å². The molecule has 1 heterocycles. The van der Waals surface area contributed by atoms with E-state index in [0.717, 1.165) is 17.1 Å². The largest absolute Gasteiger partial charge is 0.480 e. The zero-order valence-electron chi connectivity index (χ0n) is 11.8. The molecule has 1 aliphatic rings. The van der Waals surface area contributed by atoms with Crippen molar-refractivity contribution in [3.63, 3.8) is 0 Å². The number of aryl methyl sites for hydroxylation is 1. The molecule has 0 spiro atoms. The van der Waals surface area contributed by atoms with Gasteiger partial charge in [-0.1, -0.05) is 34.8 Å². The van der Waals surface area contributed by atoms with Gasteiger partial charge in [0.15, 0.2) is 0 Å². The van der Waals surface area contributed by atoms with Crippen LogP contribution < -0.4 is 0 Å². The van der Waals surface area contributed by atoms with Gasteiger partial charge < -0.3 is 5.11 Å². The van der Waals surface area contributed by atoms with E-state index in [1.54, 1.807) is 19.1 Å². The first-order chi connectivity index (χ1) is 9.84. The van der Waals surface area contributed by atoms with Crippen molar-refractivity contribution in [1.82, 2.24) is 4.31 Å². The zero-order chi connectivity index (χ0) is 15.6. The van der Waals surface area contributed by atoms with Gasteiger partial charge in [0.2, 0.25) is 10.0 Å². The van der Waals surface area contributed by atoms with Crippen LogP contribution in [0.4, 0.5) is 0 Å². The van der Waals surface area contributed by atoms with Crippen molar-refractivity contribution in [1.29, 1.82) is 0 Å². The van der Waals surface area contributed by atoms with E-state index in [4.69, 9.17) is 0 Å². The summed E-state index contributed by atoms with van der Waals surface area (Å²) in [5.41, 5.74) is 0.617. The molecule has 2 rings (SSSR count). The van der Waals surface area contributed by atoms with Crippen LogP contribution in [-0.2, 0) is 14.8 Å². The predicted octanol–water partition coefficient (Wildman–Crippen LogP) is 2.78. The van der Waals surface area contributed by atoms with Gasteiger partial charge in [-0.15, -0.1) is 0 Å². The maximum Gasteiger partial charge on any atom is 0.322 e. The second kappa shape index (κ2) is 6.46. The number of hydrogen-bond donors (Lipinski definition) is 1. The number of aliphatic carboxylic acids is 1. The molecule has 1 aromatic rings. The lowest BCUT2D eigenvalue weighted by Crippen LogP contribution is -2.44. The van der Waals surface area contributed by atoms with Crippen LogP contribution >= 0.6 is 15.9 Å². The highest BCUT2D eigenvalue weighted by atomic mass is 79.9. The number of halogens is 1. The van der Waals surface area contributed by atoms with Crippen molar-refractivity contribution in [2.45, 2.75) is 43.5 Å². The average molecular weight is 376 g/mol. The third kappa shape index (κ3) is 3.46. The summed E-state index contributed by atoms with van der Waals surface area (Å²) in [5, 5.41) is 9.35. The van der Waals surface area contributed by atoms with Crippen LogP contribution in [0.2, 0.25) is 0 Å². The first kappa shape index (κ1) is 16.5. The molecule has 0 saturated carbocycles. The number of carbonyl (C=O) groups is 1. The lowest BCUT2D eigenvalue weighted by molar-refractivity contribution is -0.141. The summed E-state index contributed by atoms with van der Waals surface area (Å²) in [4.78, 5) is 11.6. The molecular formula is C14H18BrNO4S. The Kier molecular flexibility index (Phi) is 5.06. The Hall–Kier alpha value is -0.920. The van der Waals surface area contributed by atoms with Crippen LogP contribution in [0, 0.1) is 6.92 Å². The van der Waals surface area contributed by atoms with E-state index in [0.29, 0.717) is 22.9 Å². The molecule has 0 bridgehead atoms. The molecule has 1 atom stereocenters. The van der Waals surface area contributed by atoms with Gasteiger partial charge in [0, 0.05) is 11.0 Å². The van der Waals surface area contributed by atoms with E-state index >= 15 is 0 Å². The first-order valence-corrected chi connectivity index (χ1v) is 9.08. The fourth-order valence-electron chi connectivity index (χ4n) is 2.59. The zero-order valence-corrected chi connectivity index (χ0v) is 14.2. The number of carboxylic acids is 1. The Bertz CT molecular complexity index is 644. The number of nitrogens with zero attached hydrogens (tertiary/aromatic N) is 1. The number of hydrogen-bond acceptors (Lipinski definition) is 3. The van der Waals surface area contributed by atoms with Gasteiger partial charge in [-0.3, -0.25) is 4.79 Å². The van der Waals surface area contributed by atoms with Gasteiger partial charge in [0.1, 0.15) is 6.04 Å². The molecule has 0 radical (unpaired) electrons. The Morgan fingerprint density at radius 3 is 2.71 bits per heavy atom. The molecule has 7 heteroatoms. The van der Waals surface area contributed by atoms with Gasteiger partial charge >= 0.3 is 5.97 Å². The van der Waals surface area contributed by atoms with Crippen molar-refractivity contribution >= 4 is 31.9 Å². The Morgan fingerprint density at radius 1 is 1.33 bits per heavy atom. The molecule has 1 fully saturated rings.